The molecular weight excluding hydrogens is 538 g/mol. The van der Waals surface area contributed by atoms with Crippen LogP contribution in [0.3, 0.4) is 0 Å². The molecule has 5 aromatic rings. The summed E-state index contributed by atoms with van der Waals surface area (Å²) in [5.41, 5.74) is 5.66. The van der Waals surface area contributed by atoms with Crippen molar-refractivity contribution in [3.05, 3.63) is 173 Å². The number of aryl methyl sites for hydroxylation is 1. The van der Waals surface area contributed by atoms with Gasteiger partial charge in [0.1, 0.15) is 11.3 Å². The average molecular weight is 570 g/mol. The molecule has 1 fully saturated rings. The van der Waals surface area contributed by atoms with Crippen molar-refractivity contribution in [3.8, 4) is 5.75 Å². The zero-order valence-electron chi connectivity index (χ0n) is 23.4. The van der Waals surface area contributed by atoms with E-state index in [0.717, 1.165) is 39.0 Å². The number of hydrogen-bond donors (Lipinski definition) is 0. The van der Waals surface area contributed by atoms with Gasteiger partial charge in [0.25, 0.3) is 0 Å². The highest BCUT2D eigenvalue weighted by Crippen LogP contribution is 2.71. The van der Waals surface area contributed by atoms with Crippen LogP contribution >= 0.6 is 0 Å². The SMILES string of the molecule is Cc1ccc(OS(=O)(=O)N2CC3(c4ccccc4)CC(c4ccccc4)=C(c4ccccc4)C23c2ccccc2)cc1. The first-order valence-corrected chi connectivity index (χ1v) is 15.6. The van der Waals surface area contributed by atoms with E-state index in [1.807, 2.05) is 91.9 Å². The van der Waals surface area contributed by atoms with E-state index in [1.165, 1.54) is 0 Å². The summed E-state index contributed by atoms with van der Waals surface area (Å²) >= 11 is 0. The van der Waals surface area contributed by atoms with E-state index in [-0.39, 0.29) is 6.54 Å². The van der Waals surface area contributed by atoms with E-state index in [1.54, 1.807) is 16.4 Å². The van der Waals surface area contributed by atoms with E-state index in [0.29, 0.717) is 12.2 Å². The Labute approximate surface area is 247 Å². The van der Waals surface area contributed by atoms with Crippen molar-refractivity contribution in [2.45, 2.75) is 24.3 Å². The smallest absolute Gasteiger partial charge is 0.371 e. The maximum Gasteiger partial charge on any atom is 0.386 e. The van der Waals surface area contributed by atoms with Crippen molar-refractivity contribution in [2.24, 2.45) is 0 Å². The van der Waals surface area contributed by atoms with E-state index < -0.39 is 21.3 Å². The lowest BCUT2D eigenvalue weighted by molar-refractivity contribution is 0.00441. The monoisotopic (exact) mass is 569 g/mol. The summed E-state index contributed by atoms with van der Waals surface area (Å²) in [6.07, 6.45) is 0.677. The molecule has 208 valence electrons. The third-order valence-electron chi connectivity index (χ3n) is 8.82. The van der Waals surface area contributed by atoms with Gasteiger partial charge < -0.3 is 4.18 Å². The fourth-order valence-electron chi connectivity index (χ4n) is 7.07. The Kier molecular flexibility index (Phi) is 6.37. The molecule has 1 heterocycles. The molecule has 2 aliphatic rings. The summed E-state index contributed by atoms with van der Waals surface area (Å²) < 4.78 is 36.4. The van der Waals surface area contributed by atoms with E-state index in [4.69, 9.17) is 4.18 Å². The minimum Gasteiger partial charge on any atom is -0.371 e. The second-order valence-electron chi connectivity index (χ2n) is 11.1. The standard InChI is InChI=1S/C37H31NO3S/c1-28-22-24-33(25-23-28)41-42(39,40)38-27-36(31-18-10-4-11-19-31)26-34(29-14-6-2-7-15-29)35(30-16-8-3-9-17-30)37(36,38)32-20-12-5-13-21-32/h2-25H,26-27H2,1H3. The van der Waals surface area contributed by atoms with Crippen molar-refractivity contribution < 1.29 is 12.6 Å². The Bertz CT molecular complexity index is 1860. The van der Waals surface area contributed by atoms with Crippen molar-refractivity contribution >= 4 is 21.5 Å². The Morgan fingerprint density at radius 3 is 1.69 bits per heavy atom. The lowest BCUT2D eigenvalue weighted by atomic mass is 9.55. The fourth-order valence-corrected chi connectivity index (χ4v) is 8.60. The maximum absolute atomic E-state index is 14.5. The first-order chi connectivity index (χ1) is 20.5. The van der Waals surface area contributed by atoms with Gasteiger partial charge in [-0.05, 0) is 58.9 Å². The fraction of sp³-hybridized carbons (Fsp3) is 0.135. The van der Waals surface area contributed by atoms with Gasteiger partial charge in [0, 0.05) is 12.0 Å². The van der Waals surface area contributed by atoms with Gasteiger partial charge >= 0.3 is 10.3 Å². The molecule has 5 aromatic carbocycles. The first-order valence-electron chi connectivity index (χ1n) is 14.2. The Morgan fingerprint density at radius 1 is 0.619 bits per heavy atom. The molecule has 0 spiro atoms. The van der Waals surface area contributed by atoms with Crippen molar-refractivity contribution in [1.82, 2.24) is 4.31 Å². The van der Waals surface area contributed by atoms with Gasteiger partial charge in [-0.1, -0.05) is 139 Å². The quantitative estimate of drug-likeness (QED) is 0.201. The van der Waals surface area contributed by atoms with Gasteiger partial charge in [0.2, 0.25) is 0 Å². The minimum absolute atomic E-state index is 0.284. The Morgan fingerprint density at radius 2 is 1.12 bits per heavy atom. The summed E-state index contributed by atoms with van der Waals surface area (Å²) in [6, 6.07) is 48.2. The highest BCUT2D eigenvalue weighted by Gasteiger charge is 2.75. The van der Waals surface area contributed by atoms with Crippen LogP contribution in [0.2, 0.25) is 0 Å². The average Bonchev–Trinajstić information content (AvgIpc) is 3.25. The molecule has 0 saturated carbocycles. The van der Waals surface area contributed by atoms with Crippen LogP contribution in [0.15, 0.2) is 146 Å². The molecule has 0 N–H and O–H groups in total. The number of hydrogen-bond acceptors (Lipinski definition) is 3. The van der Waals surface area contributed by atoms with E-state index in [2.05, 4.69) is 48.5 Å². The second kappa shape index (κ2) is 10.1. The number of fused-ring (bicyclic) bond motifs is 1. The number of rotatable bonds is 7. The zero-order chi connectivity index (χ0) is 28.8. The lowest BCUT2D eigenvalue weighted by Crippen LogP contribution is -2.74. The van der Waals surface area contributed by atoms with Crippen LogP contribution in [0.5, 0.6) is 5.75 Å². The number of benzene rings is 5. The van der Waals surface area contributed by atoms with Crippen LogP contribution in [0.25, 0.3) is 11.1 Å². The Balaban J connectivity index is 1.55. The molecule has 1 saturated heterocycles. The van der Waals surface area contributed by atoms with Gasteiger partial charge in [0.05, 0.1) is 0 Å². The molecule has 2 unspecified atom stereocenters. The van der Waals surface area contributed by atoms with E-state index in [9.17, 15) is 8.42 Å². The first kappa shape index (κ1) is 26.4. The molecule has 2 atom stereocenters. The highest BCUT2D eigenvalue weighted by molar-refractivity contribution is 7.84. The summed E-state index contributed by atoms with van der Waals surface area (Å²) in [6.45, 7) is 2.25. The molecule has 4 nitrogen and oxygen atoms in total. The van der Waals surface area contributed by atoms with Crippen LogP contribution in [-0.4, -0.2) is 19.3 Å². The molecular formula is C37H31NO3S. The van der Waals surface area contributed by atoms with Gasteiger partial charge in [-0.25, -0.2) is 0 Å². The predicted octanol–water partition coefficient (Wildman–Crippen LogP) is 7.78. The van der Waals surface area contributed by atoms with Crippen LogP contribution in [0.4, 0.5) is 0 Å². The van der Waals surface area contributed by atoms with Crippen molar-refractivity contribution in [3.63, 3.8) is 0 Å². The summed E-state index contributed by atoms with van der Waals surface area (Å²) in [5.74, 6) is 0.299. The molecule has 42 heavy (non-hydrogen) atoms. The van der Waals surface area contributed by atoms with Crippen molar-refractivity contribution in [1.29, 1.82) is 0 Å². The molecule has 1 aliphatic heterocycles. The zero-order valence-corrected chi connectivity index (χ0v) is 24.2. The largest absolute Gasteiger partial charge is 0.386 e. The minimum atomic E-state index is -4.24. The summed E-state index contributed by atoms with van der Waals surface area (Å²) in [4.78, 5) is 0. The molecule has 0 aromatic heterocycles. The summed E-state index contributed by atoms with van der Waals surface area (Å²) in [5, 5.41) is 0. The topological polar surface area (TPSA) is 46.6 Å². The van der Waals surface area contributed by atoms with Crippen LogP contribution in [0, 0.1) is 6.92 Å². The van der Waals surface area contributed by atoms with Gasteiger partial charge in [-0.15, -0.1) is 0 Å². The lowest BCUT2D eigenvalue weighted by Gasteiger charge is -2.63. The van der Waals surface area contributed by atoms with Gasteiger partial charge in [-0.2, -0.15) is 12.7 Å². The van der Waals surface area contributed by atoms with E-state index >= 15 is 0 Å². The molecule has 5 heteroatoms. The number of nitrogens with zero attached hydrogens (tertiary/aromatic N) is 1. The molecule has 7 rings (SSSR count). The van der Waals surface area contributed by atoms with Crippen molar-refractivity contribution in [2.75, 3.05) is 6.54 Å². The van der Waals surface area contributed by atoms with Crippen LogP contribution < -0.4 is 4.18 Å². The molecule has 0 bridgehead atoms. The predicted molar refractivity (Wildman–Crippen MR) is 168 cm³/mol. The molecule has 0 amide bonds. The number of allylic oxidation sites excluding steroid dienone is 1. The molecule has 1 aliphatic carbocycles. The normalized spacial score (nSPS) is 21.9. The third kappa shape index (κ3) is 3.96. The highest BCUT2D eigenvalue weighted by atomic mass is 32.2. The van der Waals surface area contributed by atoms with Gasteiger partial charge in [0.15, 0.2) is 0 Å². The summed E-state index contributed by atoms with van der Waals surface area (Å²) in [7, 11) is -4.24. The van der Waals surface area contributed by atoms with Crippen LogP contribution in [-0.2, 0) is 21.3 Å². The second-order valence-corrected chi connectivity index (χ2v) is 12.6. The Hall–Kier alpha value is -4.45. The van der Waals surface area contributed by atoms with Gasteiger partial charge in [-0.3, -0.25) is 0 Å². The maximum atomic E-state index is 14.5. The third-order valence-corrected chi connectivity index (χ3v) is 10.2. The van der Waals surface area contributed by atoms with Crippen LogP contribution in [0.1, 0.15) is 34.2 Å². The molecule has 0 radical (unpaired) electrons.